The van der Waals surface area contributed by atoms with E-state index in [1.165, 1.54) is 0 Å². The van der Waals surface area contributed by atoms with Gasteiger partial charge in [0, 0.05) is 6.54 Å². The molecule has 2 unspecified atom stereocenters. The highest BCUT2D eigenvalue weighted by Crippen LogP contribution is 2.41. The zero-order valence-electron chi connectivity index (χ0n) is 13.3. The quantitative estimate of drug-likeness (QED) is 0.323. The second kappa shape index (κ2) is 8.71. The molecule has 0 fully saturated rings. The molecule has 0 spiro atoms. The molecule has 0 bridgehead atoms. The molecule has 4 N–H and O–H groups in total. The normalized spacial score (nSPS) is 17.3. The first-order chi connectivity index (χ1) is 9.83. The number of hydrogen-bond donors (Lipinski definition) is 4. The van der Waals surface area contributed by atoms with E-state index in [4.69, 9.17) is 24.3 Å². The minimum Gasteiger partial charge on any atom is -0.371 e. The smallest absolute Gasteiger partial charge is 0.339 e. The molecule has 132 valence electrons. The largest absolute Gasteiger partial charge is 0.371 e. The van der Waals surface area contributed by atoms with E-state index in [-0.39, 0.29) is 12.5 Å². The summed E-state index contributed by atoms with van der Waals surface area (Å²) in [6.45, 7) is 9.58. The predicted molar refractivity (Wildman–Crippen MR) is 84.5 cm³/mol. The van der Waals surface area contributed by atoms with E-state index in [9.17, 15) is 9.13 Å². The average molecular weight is 359 g/mol. The van der Waals surface area contributed by atoms with Crippen molar-refractivity contribution in [1.82, 2.24) is 4.90 Å². The third kappa shape index (κ3) is 9.18. The van der Waals surface area contributed by atoms with Gasteiger partial charge in [-0.1, -0.05) is 19.9 Å². The maximum Gasteiger partial charge on any atom is 0.339 e. The van der Waals surface area contributed by atoms with E-state index in [1.807, 2.05) is 20.8 Å². The summed E-state index contributed by atoms with van der Waals surface area (Å²) in [4.78, 5) is 37.4. The Kier molecular flexibility index (Phi) is 8.70. The van der Waals surface area contributed by atoms with Crippen molar-refractivity contribution in [2.24, 2.45) is 5.92 Å². The Morgan fingerprint density at radius 1 is 1.23 bits per heavy atom. The van der Waals surface area contributed by atoms with Crippen molar-refractivity contribution in [2.45, 2.75) is 32.8 Å². The van der Waals surface area contributed by atoms with Gasteiger partial charge in [0.15, 0.2) is 0 Å². The number of rotatable bonds is 11. The Morgan fingerprint density at radius 3 is 2.00 bits per heavy atom. The average Bonchev–Trinajstić information content (AvgIpc) is 2.31. The Morgan fingerprint density at radius 2 is 1.68 bits per heavy atom. The molecule has 10 heteroatoms. The molecule has 0 radical (unpaired) electrons. The topological polar surface area (TPSA) is 128 Å². The molecule has 0 saturated heterocycles. The maximum absolute atomic E-state index is 11.2. The summed E-state index contributed by atoms with van der Waals surface area (Å²) in [5, 5.41) is 0. The highest BCUT2D eigenvalue weighted by Gasteiger charge is 2.34. The standard InChI is InChI=1S/C12H27NO7P2/c1-5-7-20-12(4,6-2)11(3)8-13(9-21(14,15)16)10-22(17,18)19/h5,11H,1,6-10H2,2-4H3,(H2,14,15,16)(H2,17,18,19). The van der Waals surface area contributed by atoms with Gasteiger partial charge >= 0.3 is 15.2 Å². The first kappa shape index (κ1) is 22.0. The van der Waals surface area contributed by atoms with E-state index in [0.29, 0.717) is 13.0 Å². The fraction of sp³-hybridized carbons (Fsp3) is 0.833. The van der Waals surface area contributed by atoms with Gasteiger partial charge in [0.25, 0.3) is 0 Å². The summed E-state index contributed by atoms with van der Waals surface area (Å²) in [7, 11) is -8.84. The SMILES string of the molecule is C=CCOC(C)(CC)C(C)CN(CP(=O)(O)O)CP(=O)(O)O. The molecule has 0 aliphatic carbocycles. The lowest BCUT2D eigenvalue weighted by atomic mass is 9.87. The van der Waals surface area contributed by atoms with Gasteiger partial charge < -0.3 is 24.3 Å². The van der Waals surface area contributed by atoms with E-state index >= 15 is 0 Å². The van der Waals surface area contributed by atoms with Crippen molar-refractivity contribution < 1.29 is 33.4 Å². The van der Waals surface area contributed by atoms with Crippen LogP contribution in [0.5, 0.6) is 0 Å². The van der Waals surface area contributed by atoms with Gasteiger partial charge in [-0.15, -0.1) is 6.58 Å². The van der Waals surface area contributed by atoms with Gasteiger partial charge in [-0.2, -0.15) is 0 Å². The maximum atomic E-state index is 11.2. The summed E-state index contributed by atoms with van der Waals surface area (Å²) in [5.74, 6) is -0.199. The van der Waals surface area contributed by atoms with Crippen LogP contribution in [0.3, 0.4) is 0 Å². The van der Waals surface area contributed by atoms with Gasteiger partial charge in [-0.3, -0.25) is 14.0 Å². The highest BCUT2D eigenvalue weighted by atomic mass is 31.2. The molecule has 0 aromatic heterocycles. The Bertz CT molecular complexity index is 423. The lowest BCUT2D eigenvalue weighted by Gasteiger charge is -2.37. The highest BCUT2D eigenvalue weighted by molar-refractivity contribution is 7.52. The van der Waals surface area contributed by atoms with Gasteiger partial charge in [-0.25, -0.2) is 0 Å². The summed E-state index contributed by atoms with van der Waals surface area (Å²) in [5.41, 5.74) is -0.587. The molecule has 2 atom stereocenters. The van der Waals surface area contributed by atoms with Crippen molar-refractivity contribution in [3.63, 3.8) is 0 Å². The van der Waals surface area contributed by atoms with Gasteiger partial charge in [-0.05, 0) is 19.3 Å². The van der Waals surface area contributed by atoms with Crippen LogP contribution in [0.4, 0.5) is 0 Å². The summed E-state index contributed by atoms with van der Waals surface area (Å²) >= 11 is 0. The van der Waals surface area contributed by atoms with E-state index < -0.39 is 33.4 Å². The van der Waals surface area contributed by atoms with E-state index in [0.717, 1.165) is 4.90 Å². The van der Waals surface area contributed by atoms with E-state index in [2.05, 4.69) is 6.58 Å². The molecular formula is C12H27NO7P2. The first-order valence-corrected chi connectivity index (χ1v) is 10.5. The van der Waals surface area contributed by atoms with Crippen LogP contribution in [-0.4, -0.2) is 55.8 Å². The number of ether oxygens (including phenoxy) is 1. The Balaban J connectivity index is 5.06. The molecule has 0 saturated carbocycles. The van der Waals surface area contributed by atoms with Crippen molar-refractivity contribution in [1.29, 1.82) is 0 Å². The van der Waals surface area contributed by atoms with Crippen molar-refractivity contribution in [3.05, 3.63) is 12.7 Å². The van der Waals surface area contributed by atoms with Crippen LogP contribution in [0.15, 0.2) is 12.7 Å². The molecule has 0 aliphatic heterocycles. The lowest BCUT2D eigenvalue weighted by Crippen LogP contribution is -2.43. The molecule has 22 heavy (non-hydrogen) atoms. The fourth-order valence-electron chi connectivity index (χ4n) is 2.10. The Hall–Kier alpha value is -0.0400. The third-order valence-corrected chi connectivity index (χ3v) is 5.11. The van der Waals surface area contributed by atoms with Crippen LogP contribution in [-0.2, 0) is 13.9 Å². The van der Waals surface area contributed by atoms with Gasteiger partial charge in [0.2, 0.25) is 0 Å². The van der Waals surface area contributed by atoms with Crippen molar-refractivity contribution in [2.75, 3.05) is 25.7 Å². The molecule has 0 aromatic carbocycles. The van der Waals surface area contributed by atoms with Gasteiger partial charge in [0.1, 0.15) is 12.6 Å². The molecule has 0 amide bonds. The molecule has 0 heterocycles. The van der Waals surface area contributed by atoms with Crippen molar-refractivity contribution >= 4 is 15.2 Å². The van der Waals surface area contributed by atoms with E-state index in [1.54, 1.807) is 6.08 Å². The predicted octanol–water partition coefficient (Wildman–Crippen LogP) is 1.57. The lowest BCUT2D eigenvalue weighted by molar-refractivity contribution is -0.0656. The summed E-state index contributed by atoms with van der Waals surface area (Å²) < 4.78 is 28.0. The second-order valence-electron chi connectivity index (χ2n) is 5.63. The minimum absolute atomic E-state index is 0.0949. The van der Waals surface area contributed by atoms with Crippen LogP contribution >= 0.6 is 15.2 Å². The zero-order chi connectivity index (χ0) is 17.6. The van der Waals surface area contributed by atoms with Crippen LogP contribution < -0.4 is 0 Å². The molecule has 0 aliphatic rings. The fourth-order valence-corrected chi connectivity index (χ4v) is 3.73. The van der Waals surface area contributed by atoms with Gasteiger partial charge in [0.05, 0.1) is 12.2 Å². The molecular weight excluding hydrogens is 332 g/mol. The van der Waals surface area contributed by atoms with Crippen molar-refractivity contribution in [3.8, 4) is 0 Å². The van der Waals surface area contributed by atoms with Crippen LogP contribution in [0.25, 0.3) is 0 Å². The zero-order valence-corrected chi connectivity index (χ0v) is 15.0. The summed E-state index contributed by atoms with van der Waals surface area (Å²) in [6, 6.07) is 0. The van der Waals surface area contributed by atoms with Crippen LogP contribution in [0.2, 0.25) is 0 Å². The molecule has 8 nitrogen and oxygen atoms in total. The Labute approximate surface area is 131 Å². The minimum atomic E-state index is -4.42. The van der Waals surface area contributed by atoms with Crippen LogP contribution in [0.1, 0.15) is 27.2 Å². The third-order valence-electron chi connectivity index (χ3n) is 3.58. The summed E-state index contributed by atoms with van der Waals surface area (Å²) in [6.07, 6.45) is 0.832. The monoisotopic (exact) mass is 359 g/mol. The molecule has 0 rings (SSSR count). The van der Waals surface area contributed by atoms with Crippen LogP contribution in [0, 0.1) is 5.92 Å². The second-order valence-corrected chi connectivity index (χ2v) is 8.86. The first-order valence-electron chi connectivity index (χ1n) is 6.89. The molecule has 0 aromatic rings. The number of nitrogens with zero attached hydrogens (tertiary/aromatic N) is 1. The number of hydrogen-bond acceptors (Lipinski definition) is 4.